The Morgan fingerprint density at radius 3 is 3.05 bits per heavy atom. The highest BCUT2D eigenvalue weighted by molar-refractivity contribution is 5.78. The molecular weight excluding hydrogens is 244 g/mol. The molecule has 0 bridgehead atoms. The Labute approximate surface area is 113 Å². The van der Waals surface area contributed by atoms with Gasteiger partial charge in [0.2, 0.25) is 5.91 Å². The smallest absolute Gasteiger partial charge is 0.227 e. The van der Waals surface area contributed by atoms with Gasteiger partial charge in [-0.25, -0.2) is 4.98 Å². The Hall–Kier alpha value is -1.40. The van der Waals surface area contributed by atoms with Crippen LogP contribution in [0.1, 0.15) is 18.8 Å². The minimum atomic E-state index is -0.0920. The van der Waals surface area contributed by atoms with Gasteiger partial charge in [-0.3, -0.25) is 9.69 Å². The molecule has 1 saturated heterocycles. The summed E-state index contributed by atoms with van der Waals surface area (Å²) in [7, 11) is 3.69. The zero-order chi connectivity index (χ0) is 13.8. The van der Waals surface area contributed by atoms with E-state index < -0.39 is 0 Å². The quantitative estimate of drug-likeness (QED) is 0.862. The number of hydrogen-bond donors (Lipinski definition) is 1. The normalized spacial score (nSPS) is 22.5. The van der Waals surface area contributed by atoms with Crippen LogP contribution in [0, 0.1) is 5.92 Å². The lowest BCUT2D eigenvalue weighted by molar-refractivity contribution is -0.139. The molecule has 2 atom stereocenters. The van der Waals surface area contributed by atoms with E-state index in [0.29, 0.717) is 13.2 Å². The first-order chi connectivity index (χ1) is 9.13. The summed E-state index contributed by atoms with van der Waals surface area (Å²) in [6.07, 6.45) is 3.56. The van der Waals surface area contributed by atoms with E-state index >= 15 is 0 Å². The van der Waals surface area contributed by atoms with Gasteiger partial charge in [-0.2, -0.15) is 0 Å². The molecule has 2 heterocycles. The highest BCUT2D eigenvalue weighted by Gasteiger charge is 2.31. The first-order valence-corrected chi connectivity index (χ1v) is 6.60. The summed E-state index contributed by atoms with van der Waals surface area (Å²) in [5, 5.41) is 0. The van der Waals surface area contributed by atoms with Crippen molar-refractivity contribution >= 4 is 5.91 Å². The molecule has 1 fully saturated rings. The number of hydrogen-bond acceptors (Lipinski definition) is 4. The minimum absolute atomic E-state index is 0.0920. The number of aromatic amines is 1. The van der Waals surface area contributed by atoms with Crippen molar-refractivity contribution < 1.29 is 9.53 Å². The lowest BCUT2D eigenvalue weighted by Crippen LogP contribution is -2.51. The van der Waals surface area contributed by atoms with Crippen LogP contribution in [-0.4, -0.2) is 66.1 Å². The first kappa shape index (κ1) is 14.0. The number of methoxy groups -OCH3 is 1. The van der Waals surface area contributed by atoms with Gasteiger partial charge in [-0.15, -0.1) is 0 Å². The predicted molar refractivity (Wildman–Crippen MR) is 71.6 cm³/mol. The largest absolute Gasteiger partial charge is 0.384 e. The average molecular weight is 266 g/mol. The molecular formula is C13H22N4O2. The van der Waals surface area contributed by atoms with Crippen molar-refractivity contribution in [2.24, 2.45) is 5.92 Å². The predicted octanol–water partition coefficient (Wildman–Crippen LogP) is 0.507. The molecule has 0 aromatic carbocycles. The van der Waals surface area contributed by atoms with Gasteiger partial charge < -0.3 is 14.6 Å². The van der Waals surface area contributed by atoms with Crippen LogP contribution in [0.4, 0.5) is 0 Å². The van der Waals surface area contributed by atoms with Crippen molar-refractivity contribution in [1.29, 1.82) is 0 Å². The summed E-state index contributed by atoms with van der Waals surface area (Å²) in [4.78, 5) is 23.9. The Balaban J connectivity index is 2.03. The van der Waals surface area contributed by atoms with Crippen molar-refractivity contribution in [3.63, 3.8) is 0 Å². The van der Waals surface area contributed by atoms with Crippen molar-refractivity contribution in [2.45, 2.75) is 13.0 Å². The van der Waals surface area contributed by atoms with E-state index in [1.807, 2.05) is 18.0 Å². The number of nitrogens with one attached hydrogen (secondary N) is 1. The molecule has 106 valence electrons. The second kappa shape index (κ2) is 6.16. The number of rotatable bonds is 4. The molecule has 19 heavy (non-hydrogen) atoms. The van der Waals surface area contributed by atoms with E-state index in [9.17, 15) is 4.79 Å². The summed E-state index contributed by atoms with van der Waals surface area (Å²) in [5.41, 5.74) is 0. The van der Waals surface area contributed by atoms with Crippen LogP contribution >= 0.6 is 0 Å². The third-order valence-electron chi connectivity index (χ3n) is 3.63. The maximum Gasteiger partial charge on any atom is 0.227 e. The number of carbonyl (C=O) groups excluding carboxylic acids is 1. The van der Waals surface area contributed by atoms with E-state index in [1.165, 1.54) is 0 Å². The van der Waals surface area contributed by atoms with Gasteiger partial charge in [0.05, 0.1) is 18.6 Å². The summed E-state index contributed by atoms with van der Waals surface area (Å²) in [5.74, 6) is 0.983. The van der Waals surface area contributed by atoms with Crippen molar-refractivity contribution in [1.82, 2.24) is 19.8 Å². The van der Waals surface area contributed by atoms with Crippen LogP contribution in [0.3, 0.4) is 0 Å². The van der Waals surface area contributed by atoms with Crippen molar-refractivity contribution in [2.75, 3.05) is 40.4 Å². The Kier molecular flexibility index (Phi) is 4.55. The standard InChI is InChI=1S/C13H22N4O2/c1-10(9-19-3)13(18)17-7-6-16(2)11(8-17)12-14-4-5-15-12/h4-5,10-11H,6-9H2,1-3H3,(H,14,15)/t10-,11+/m1/s1. The molecule has 6 nitrogen and oxygen atoms in total. The fourth-order valence-corrected chi connectivity index (χ4v) is 2.46. The van der Waals surface area contributed by atoms with Crippen LogP contribution in [0.15, 0.2) is 12.4 Å². The third kappa shape index (κ3) is 3.13. The summed E-state index contributed by atoms with van der Waals surface area (Å²) < 4.78 is 5.06. The zero-order valence-electron chi connectivity index (χ0n) is 11.8. The summed E-state index contributed by atoms with van der Waals surface area (Å²) in [6, 6.07) is 0.141. The zero-order valence-corrected chi connectivity index (χ0v) is 11.8. The van der Waals surface area contributed by atoms with Gasteiger partial charge in [0.15, 0.2) is 0 Å². The van der Waals surface area contributed by atoms with Crippen molar-refractivity contribution in [3.8, 4) is 0 Å². The number of ether oxygens (including phenoxy) is 1. The van der Waals surface area contributed by atoms with Crippen LogP contribution < -0.4 is 0 Å². The molecule has 0 radical (unpaired) electrons. The minimum Gasteiger partial charge on any atom is -0.384 e. The number of aromatic nitrogens is 2. The average Bonchev–Trinajstić information content (AvgIpc) is 2.92. The monoisotopic (exact) mass is 266 g/mol. The third-order valence-corrected chi connectivity index (χ3v) is 3.63. The highest BCUT2D eigenvalue weighted by Crippen LogP contribution is 2.22. The molecule has 1 aromatic rings. The molecule has 0 unspecified atom stereocenters. The maximum absolute atomic E-state index is 12.3. The fourth-order valence-electron chi connectivity index (χ4n) is 2.46. The molecule has 0 aliphatic carbocycles. The molecule has 0 saturated carbocycles. The van der Waals surface area contributed by atoms with Gasteiger partial charge in [0.25, 0.3) is 0 Å². The van der Waals surface area contributed by atoms with Crippen LogP contribution in [-0.2, 0) is 9.53 Å². The Bertz CT molecular complexity index is 407. The van der Waals surface area contributed by atoms with Gasteiger partial charge >= 0.3 is 0 Å². The lowest BCUT2D eigenvalue weighted by Gasteiger charge is -2.39. The molecule has 1 N–H and O–H groups in total. The SMILES string of the molecule is COC[C@@H](C)C(=O)N1CCN(C)[C@H](c2ncc[nH]2)C1. The second-order valence-corrected chi connectivity index (χ2v) is 5.11. The van der Waals surface area contributed by atoms with E-state index in [0.717, 1.165) is 18.9 Å². The van der Waals surface area contributed by atoms with Crippen LogP contribution in [0.2, 0.25) is 0 Å². The number of imidazole rings is 1. The topological polar surface area (TPSA) is 61.5 Å². The molecule has 0 spiro atoms. The van der Waals surface area contributed by atoms with Crippen LogP contribution in [0.5, 0.6) is 0 Å². The number of nitrogens with zero attached hydrogens (tertiary/aromatic N) is 3. The lowest BCUT2D eigenvalue weighted by atomic mass is 10.1. The van der Waals surface area contributed by atoms with E-state index in [4.69, 9.17) is 4.74 Å². The fraction of sp³-hybridized carbons (Fsp3) is 0.692. The van der Waals surface area contributed by atoms with Gasteiger partial charge in [0.1, 0.15) is 5.82 Å². The number of amides is 1. The highest BCUT2D eigenvalue weighted by atomic mass is 16.5. The van der Waals surface area contributed by atoms with E-state index in [2.05, 4.69) is 21.9 Å². The second-order valence-electron chi connectivity index (χ2n) is 5.11. The van der Waals surface area contributed by atoms with Crippen molar-refractivity contribution in [3.05, 3.63) is 18.2 Å². The molecule has 2 rings (SSSR count). The number of likely N-dealkylation sites (N-methyl/N-ethyl adjacent to an activating group) is 1. The van der Waals surface area contributed by atoms with E-state index in [1.54, 1.807) is 13.3 Å². The van der Waals surface area contributed by atoms with E-state index in [-0.39, 0.29) is 17.9 Å². The Morgan fingerprint density at radius 1 is 1.63 bits per heavy atom. The number of H-pyrrole nitrogens is 1. The first-order valence-electron chi connectivity index (χ1n) is 6.60. The molecule has 1 aromatic heterocycles. The number of carbonyl (C=O) groups is 1. The summed E-state index contributed by atoms with van der Waals surface area (Å²) >= 11 is 0. The van der Waals surface area contributed by atoms with Crippen LogP contribution in [0.25, 0.3) is 0 Å². The molecule has 1 aliphatic heterocycles. The molecule has 6 heteroatoms. The maximum atomic E-state index is 12.3. The molecule has 1 aliphatic rings. The summed E-state index contributed by atoms with van der Waals surface area (Å²) in [6.45, 7) is 4.68. The number of piperazine rings is 1. The molecule has 1 amide bonds. The Morgan fingerprint density at radius 2 is 2.42 bits per heavy atom. The van der Waals surface area contributed by atoms with Gasteiger partial charge in [-0.05, 0) is 7.05 Å². The van der Waals surface area contributed by atoms with Gasteiger partial charge in [-0.1, -0.05) is 6.92 Å². The van der Waals surface area contributed by atoms with Gasteiger partial charge in [0, 0.05) is 39.1 Å².